The fourth-order valence-electron chi connectivity index (χ4n) is 2.53. The van der Waals surface area contributed by atoms with E-state index in [1.54, 1.807) is 6.08 Å². The summed E-state index contributed by atoms with van der Waals surface area (Å²) in [7, 11) is 0. The van der Waals surface area contributed by atoms with Gasteiger partial charge in [-0.15, -0.1) is 0 Å². The fraction of sp³-hybridized carbons (Fsp3) is 0.0526. The minimum absolute atomic E-state index is 0.0394. The van der Waals surface area contributed by atoms with Gasteiger partial charge in [0, 0.05) is 10.0 Å². The lowest BCUT2D eigenvalue weighted by Gasteiger charge is -2.20. The molecule has 2 aliphatic heterocycles. The number of thioether (sulfide) groups is 1. The molecule has 5 nitrogen and oxygen atoms in total. The van der Waals surface area contributed by atoms with Gasteiger partial charge in [0.2, 0.25) is 5.17 Å². The number of hydrogen-bond donors (Lipinski definition) is 1. The number of hydrogen-bond acceptors (Lipinski definition) is 4. The molecule has 0 aromatic heterocycles. The second-order valence-electron chi connectivity index (χ2n) is 5.84. The van der Waals surface area contributed by atoms with Crippen LogP contribution >= 0.6 is 27.7 Å². The van der Waals surface area contributed by atoms with E-state index >= 15 is 0 Å². The number of nitrogens with zero attached hydrogens (tertiary/aromatic N) is 3. The first-order chi connectivity index (χ1) is 12.5. The summed E-state index contributed by atoms with van der Waals surface area (Å²) in [4.78, 5) is 16.5. The van der Waals surface area contributed by atoms with E-state index in [2.05, 4.69) is 26.0 Å². The smallest absolute Gasteiger partial charge is 0.282 e. The number of carbonyl (C=O) groups is 1. The highest BCUT2D eigenvalue weighted by Gasteiger charge is 2.35. The Morgan fingerprint density at radius 3 is 2.50 bits per heavy atom. The van der Waals surface area contributed by atoms with E-state index in [0.29, 0.717) is 5.17 Å². The molecule has 26 heavy (non-hydrogen) atoms. The van der Waals surface area contributed by atoms with Gasteiger partial charge in [-0.1, -0.05) is 57.9 Å². The molecule has 0 atom stereocenters. The number of amides is 1. The molecular weight excluding hydrogens is 412 g/mol. The van der Waals surface area contributed by atoms with Gasteiger partial charge in [0.15, 0.2) is 5.84 Å². The zero-order valence-electron chi connectivity index (χ0n) is 13.7. The van der Waals surface area contributed by atoms with Crippen molar-refractivity contribution in [3.05, 3.63) is 75.3 Å². The molecule has 1 N–H and O–H groups in total. The van der Waals surface area contributed by atoms with Crippen LogP contribution in [0.1, 0.15) is 16.7 Å². The number of hydrazone groups is 1. The van der Waals surface area contributed by atoms with Crippen LogP contribution < -0.4 is 0 Å². The van der Waals surface area contributed by atoms with Gasteiger partial charge >= 0.3 is 0 Å². The number of amidine groups is 2. The molecule has 0 unspecified atom stereocenters. The molecule has 0 bridgehead atoms. The van der Waals surface area contributed by atoms with Gasteiger partial charge in [0.25, 0.3) is 5.91 Å². The maximum atomic E-state index is 12.4. The van der Waals surface area contributed by atoms with Crippen LogP contribution in [0.5, 0.6) is 0 Å². The molecule has 2 aromatic rings. The Morgan fingerprint density at radius 2 is 1.81 bits per heavy atom. The van der Waals surface area contributed by atoms with E-state index in [-0.39, 0.29) is 11.4 Å². The predicted octanol–water partition coefficient (Wildman–Crippen LogP) is 4.42. The number of aryl methyl sites for hydroxylation is 1. The van der Waals surface area contributed by atoms with E-state index < -0.39 is 5.91 Å². The summed E-state index contributed by atoms with van der Waals surface area (Å²) in [6.45, 7) is 2.02. The quantitative estimate of drug-likeness (QED) is 0.725. The molecule has 0 aliphatic carbocycles. The summed E-state index contributed by atoms with van der Waals surface area (Å²) in [6, 6.07) is 15.5. The van der Waals surface area contributed by atoms with Crippen LogP contribution in [0.2, 0.25) is 0 Å². The molecule has 2 heterocycles. The van der Waals surface area contributed by atoms with Gasteiger partial charge in [0.1, 0.15) is 5.04 Å². The van der Waals surface area contributed by atoms with Crippen LogP contribution in [-0.4, -0.2) is 27.0 Å². The summed E-state index contributed by atoms with van der Waals surface area (Å²) in [5.41, 5.74) is 3.16. The van der Waals surface area contributed by atoms with E-state index in [0.717, 1.165) is 26.2 Å². The third-order valence-corrected chi connectivity index (χ3v) is 5.42. The summed E-state index contributed by atoms with van der Waals surface area (Å²) < 4.78 is 0.952. The van der Waals surface area contributed by atoms with Gasteiger partial charge in [-0.2, -0.15) is 15.1 Å². The molecule has 0 spiro atoms. The molecular formula is C19H13BrN4OS. The Kier molecular flexibility index (Phi) is 4.34. The van der Waals surface area contributed by atoms with Gasteiger partial charge in [-0.05, 0) is 42.5 Å². The van der Waals surface area contributed by atoms with Crippen molar-refractivity contribution in [2.24, 2.45) is 10.1 Å². The zero-order valence-corrected chi connectivity index (χ0v) is 16.1. The van der Waals surface area contributed by atoms with Crippen LogP contribution in [0.25, 0.3) is 6.08 Å². The van der Waals surface area contributed by atoms with Crippen LogP contribution in [0.4, 0.5) is 0 Å². The Hall–Kier alpha value is -2.51. The van der Waals surface area contributed by atoms with E-state index in [1.165, 1.54) is 16.8 Å². The van der Waals surface area contributed by atoms with Crippen molar-refractivity contribution >= 4 is 55.7 Å². The Balaban J connectivity index is 1.68. The Labute approximate surface area is 163 Å². The first-order valence-electron chi connectivity index (χ1n) is 7.84. The largest absolute Gasteiger partial charge is 0.283 e. The molecule has 2 aliphatic rings. The van der Waals surface area contributed by atoms with Crippen LogP contribution in [0.15, 0.2) is 68.7 Å². The first-order valence-corrected chi connectivity index (χ1v) is 9.45. The van der Waals surface area contributed by atoms with Crippen molar-refractivity contribution in [1.29, 1.82) is 5.41 Å². The van der Waals surface area contributed by atoms with E-state index in [9.17, 15) is 4.79 Å². The summed E-state index contributed by atoms with van der Waals surface area (Å²) in [5, 5.41) is 15.5. The molecule has 0 fully saturated rings. The number of aliphatic imine (C=N–C) groups is 1. The number of fused-ring (bicyclic) bond motifs is 1. The third-order valence-electron chi connectivity index (χ3n) is 3.93. The maximum Gasteiger partial charge on any atom is 0.283 e. The van der Waals surface area contributed by atoms with Gasteiger partial charge in [-0.25, -0.2) is 0 Å². The SMILES string of the molecule is Cc1ccc(C2=NN3C(=N)/C(=C/c4ccc(Br)cc4)C(=O)N=C3S2)cc1. The van der Waals surface area contributed by atoms with Crippen LogP contribution in [-0.2, 0) is 4.79 Å². The van der Waals surface area contributed by atoms with Crippen LogP contribution in [0.3, 0.4) is 0 Å². The number of nitrogens with one attached hydrogen (secondary N) is 1. The van der Waals surface area contributed by atoms with Crippen molar-refractivity contribution in [2.45, 2.75) is 6.92 Å². The van der Waals surface area contributed by atoms with Crippen molar-refractivity contribution < 1.29 is 4.79 Å². The highest BCUT2D eigenvalue weighted by molar-refractivity contribution is 9.10. The van der Waals surface area contributed by atoms with Crippen molar-refractivity contribution in [3.8, 4) is 0 Å². The van der Waals surface area contributed by atoms with Gasteiger partial charge < -0.3 is 0 Å². The average molecular weight is 425 g/mol. The number of carbonyl (C=O) groups excluding carboxylic acids is 1. The van der Waals surface area contributed by atoms with Crippen LogP contribution in [0, 0.1) is 12.3 Å². The second-order valence-corrected chi connectivity index (χ2v) is 7.71. The molecule has 0 radical (unpaired) electrons. The topological polar surface area (TPSA) is 68.9 Å². The third kappa shape index (κ3) is 3.15. The molecule has 4 rings (SSSR count). The minimum Gasteiger partial charge on any atom is -0.282 e. The lowest BCUT2D eigenvalue weighted by Crippen LogP contribution is -2.35. The lowest BCUT2D eigenvalue weighted by molar-refractivity contribution is -0.114. The number of benzene rings is 2. The van der Waals surface area contributed by atoms with E-state index in [1.807, 2.05) is 55.5 Å². The maximum absolute atomic E-state index is 12.4. The monoisotopic (exact) mass is 424 g/mol. The Bertz CT molecular complexity index is 1010. The summed E-state index contributed by atoms with van der Waals surface area (Å²) in [6.07, 6.45) is 1.67. The standard InChI is InChI=1S/C19H13BrN4OS/c1-11-2-6-13(7-3-11)18-23-24-16(21)15(17(25)22-19(24)26-18)10-12-4-8-14(20)9-5-12/h2-10,21H,1H3/b15-10-,21-16?. The molecule has 0 saturated heterocycles. The molecule has 128 valence electrons. The normalized spacial score (nSPS) is 18.1. The highest BCUT2D eigenvalue weighted by Crippen LogP contribution is 2.31. The molecule has 7 heteroatoms. The minimum atomic E-state index is -0.419. The number of halogens is 1. The predicted molar refractivity (Wildman–Crippen MR) is 109 cm³/mol. The molecule has 1 amide bonds. The molecule has 0 saturated carbocycles. The number of rotatable bonds is 2. The second kappa shape index (κ2) is 6.66. The van der Waals surface area contributed by atoms with Gasteiger partial charge in [-0.3, -0.25) is 10.2 Å². The van der Waals surface area contributed by atoms with Gasteiger partial charge in [0.05, 0.1) is 5.57 Å². The van der Waals surface area contributed by atoms with Crippen molar-refractivity contribution in [3.63, 3.8) is 0 Å². The summed E-state index contributed by atoms with van der Waals surface area (Å²) in [5.74, 6) is -0.380. The zero-order chi connectivity index (χ0) is 18.3. The summed E-state index contributed by atoms with van der Waals surface area (Å²) >= 11 is 4.69. The highest BCUT2D eigenvalue weighted by atomic mass is 79.9. The van der Waals surface area contributed by atoms with E-state index in [4.69, 9.17) is 5.41 Å². The fourth-order valence-corrected chi connectivity index (χ4v) is 3.69. The Morgan fingerprint density at radius 1 is 1.12 bits per heavy atom. The average Bonchev–Trinajstić information content (AvgIpc) is 3.05. The first kappa shape index (κ1) is 16.9. The van der Waals surface area contributed by atoms with Crippen molar-refractivity contribution in [1.82, 2.24) is 5.01 Å². The molecule has 2 aromatic carbocycles. The lowest BCUT2D eigenvalue weighted by atomic mass is 10.1. The van der Waals surface area contributed by atoms with Crippen molar-refractivity contribution in [2.75, 3.05) is 0 Å².